The summed E-state index contributed by atoms with van der Waals surface area (Å²) in [5, 5.41) is 15.0. The van der Waals surface area contributed by atoms with Crippen molar-refractivity contribution in [1.82, 2.24) is 9.78 Å². The monoisotopic (exact) mass is 404 g/mol. The van der Waals surface area contributed by atoms with Gasteiger partial charge in [-0.25, -0.2) is 9.48 Å². The molecule has 2 aromatic heterocycles. The second-order valence-electron chi connectivity index (χ2n) is 5.78. The molecule has 8 heteroatoms. The van der Waals surface area contributed by atoms with E-state index in [-0.39, 0.29) is 10.9 Å². The smallest absolute Gasteiger partial charge is 0.351 e. The van der Waals surface area contributed by atoms with Crippen LogP contribution in [0.2, 0.25) is 10.2 Å². The second kappa shape index (κ2) is 7.42. The van der Waals surface area contributed by atoms with Crippen molar-refractivity contribution in [3.05, 3.63) is 79.6 Å². The van der Waals surface area contributed by atoms with Gasteiger partial charge in [0.15, 0.2) is 5.78 Å². The number of carbonyl (C=O) groups is 1. The van der Waals surface area contributed by atoms with E-state index in [9.17, 15) is 14.7 Å². The molecule has 3 rings (SSSR count). The van der Waals surface area contributed by atoms with Gasteiger partial charge in [0.05, 0.1) is 11.4 Å². The van der Waals surface area contributed by atoms with Gasteiger partial charge in [0.1, 0.15) is 22.2 Å². The highest BCUT2D eigenvalue weighted by molar-refractivity contribution is 6.32. The summed E-state index contributed by atoms with van der Waals surface area (Å²) < 4.78 is 6.35. The topological polar surface area (TPSA) is 85.3 Å². The van der Waals surface area contributed by atoms with Crippen LogP contribution in [0.25, 0.3) is 11.8 Å². The minimum atomic E-state index is -0.903. The van der Waals surface area contributed by atoms with E-state index in [1.165, 1.54) is 23.7 Å². The number of halogens is 2. The van der Waals surface area contributed by atoms with Crippen LogP contribution in [-0.4, -0.2) is 20.7 Å². The number of hydrogen-bond acceptors (Lipinski definition) is 5. The van der Waals surface area contributed by atoms with Crippen LogP contribution in [0.3, 0.4) is 0 Å². The summed E-state index contributed by atoms with van der Waals surface area (Å²) in [6, 6.07) is 8.20. The molecule has 0 spiro atoms. The van der Waals surface area contributed by atoms with Crippen LogP contribution in [0.15, 0.2) is 45.6 Å². The zero-order valence-electron chi connectivity index (χ0n) is 14.4. The lowest BCUT2D eigenvalue weighted by atomic mass is 10.1. The quantitative estimate of drug-likeness (QED) is 0.515. The Bertz CT molecular complexity index is 1130. The van der Waals surface area contributed by atoms with Gasteiger partial charge in [0.25, 0.3) is 0 Å². The highest BCUT2D eigenvalue weighted by Gasteiger charge is 2.17. The van der Waals surface area contributed by atoms with E-state index in [4.69, 9.17) is 27.6 Å². The Hall–Kier alpha value is -2.83. The maximum absolute atomic E-state index is 12.3. The third-order valence-corrected chi connectivity index (χ3v) is 4.40. The van der Waals surface area contributed by atoms with Gasteiger partial charge in [-0.1, -0.05) is 29.3 Å². The average molecular weight is 405 g/mol. The summed E-state index contributed by atoms with van der Waals surface area (Å²) in [5.74, 6) is -0.928. The molecule has 0 atom stereocenters. The molecule has 0 aliphatic rings. The number of aromatic nitrogens is 2. The molecular weight excluding hydrogens is 391 g/mol. The van der Waals surface area contributed by atoms with Crippen molar-refractivity contribution in [3.63, 3.8) is 0 Å². The summed E-state index contributed by atoms with van der Waals surface area (Å²) in [4.78, 5) is 24.2. The van der Waals surface area contributed by atoms with Crippen LogP contribution in [-0.2, 0) is 0 Å². The molecule has 1 aromatic carbocycles. The molecule has 27 heavy (non-hydrogen) atoms. The van der Waals surface area contributed by atoms with Crippen LogP contribution in [0.4, 0.5) is 0 Å². The van der Waals surface area contributed by atoms with Gasteiger partial charge in [-0.15, -0.1) is 0 Å². The van der Waals surface area contributed by atoms with Crippen molar-refractivity contribution in [2.45, 2.75) is 13.8 Å². The molecule has 0 aliphatic heterocycles. The number of aryl methyl sites for hydroxylation is 2. The first-order chi connectivity index (χ1) is 12.8. The Morgan fingerprint density at radius 1 is 1.26 bits per heavy atom. The number of ketones is 1. The fraction of sp³-hybridized carbons (Fsp3) is 0.105. The molecule has 0 aliphatic carbocycles. The first-order valence-electron chi connectivity index (χ1n) is 7.85. The van der Waals surface area contributed by atoms with Gasteiger partial charge in [0, 0.05) is 16.7 Å². The SMILES string of the molecule is Cc1cc(O)c(C(=O)/C=C/c2c(C)nn(-c3cccc(Cl)c3)c2Cl)c(=O)o1. The Balaban J connectivity index is 1.97. The third kappa shape index (κ3) is 3.82. The Morgan fingerprint density at radius 2 is 2.00 bits per heavy atom. The zero-order chi connectivity index (χ0) is 19.7. The molecule has 0 unspecified atom stereocenters. The molecule has 0 saturated carbocycles. The predicted molar refractivity (Wildman–Crippen MR) is 103 cm³/mol. The summed E-state index contributed by atoms with van der Waals surface area (Å²) >= 11 is 12.4. The van der Waals surface area contributed by atoms with Crippen LogP contribution in [0.5, 0.6) is 5.75 Å². The predicted octanol–water partition coefficient (Wildman–Crippen LogP) is 4.35. The first-order valence-corrected chi connectivity index (χ1v) is 8.60. The van der Waals surface area contributed by atoms with E-state index < -0.39 is 22.7 Å². The number of aromatic hydroxyl groups is 1. The number of nitrogens with zero attached hydrogens (tertiary/aromatic N) is 2. The van der Waals surface area contributed by atoms with E-state index in [1.807, 2.05) is 0 Å². The normalized spacial score (nSPS) is 11.3. The molecular formula is C19H14Cl2N2O4. The van der Waals surface area contributed by atoms with E-state index in [2.05, 4.69) is 5.10 Å². The van der Waals surface area contributed by atoms with Crippen molar-refractivity contribution < 1.29 is 14.3 Å². The van der Waals surface area contributed by atoms with Crippen molar-refractivity contribution >= 4 is 35.1 Å². The number of rotatable bonds is 4. The molecule has 0 fully saturated rings. The van der Waals surface area contributed by atoms with Gasteiger partial charge in [-0.2, -0.15) is 5.10 Å². The molecule has 0 bridgehead atoms. The molecule has 2 heterocycles. The third-order valence-electron chi connectivity index (χ3n) is 3.80. The number of allylic oxidation sites excluding steroid dienone is 1. The largest absolute Gasteiger partial charge is 0.507 e. The van der Waals surface area contributed by atoms with E-state index >= 15 is 0 Å². The van der Waals surface area contributed by atoms with Crippen LogP contribution in [0, 0.1) is 13.8 Å². The Labute approximate surface area is 164 Å². The number of carbonyl (C=O) groups excluding carboxylic acids is 1. The van der Waals surface area contributed by atoms with E-state index in [1.54, 1.807) is 31.2 Å². The highest BCUT2D eigenvalue weighted by atomic mass is 35.5. The van der Waals surface area contributed by atoms with Gasteiger partial charge in [-0.05, 0) is 44.2 Å². The van der Waals surface area contributed by atoms with Crippen molar-refractivity contribution in [3.8, 4) is 11.4 Å². The number of hydrogen-bond donors (Lipinski definition) is 1. The molecule has 6 nitrogen and oxygen atoms in total. The average Bonchev–Trinajstić information content (AvgIpc) is 2.86. The maximum Gasteiger partial charge on any atom is 0.351 e. The maximum atomic E-state index is 12.3. The molecule has 0 saturated heterocycles. The van der Waals surface area contributed by atoms with Crippen LogP contribution < -0.4 is 5.63 Å². The Morgan fingerprint density at radius 3 is 2.67 bits per heavy atom. The van der Waals surface area contributed by atoms with E-state index in [0.717, 1.165) is 6.08 Å². The van der Waals surface area contributed by atoms with Crippen LogP contribution >= 0.6 is 23.2 Å². The van der Waals surface area contributed by atoms with Crippen molar-refractivity contribution in [2.24, 2.45) is 0 Å². The highest BCUT2D eigenvalue weighted by Crippen LogP contribution is 2.26. The van der Waals surface area contributed by atoms with Crippen molar-refractivity contribution in [2.75, 3.05) is 0 Å². The Kier molecular flexibility index (Phi) is 5.21. The minimum absolute atomic E-state index is 0.208. The lowest BCUT2D eigenvalue weighted by molar-refractivity contribution is 0.104. The van der Waals surface area contributed by atoms with Gasteiger partial charge >= 0.3 is 5.63 Å². The zero-order valence-corrected chi connectivity index (χ0v) is 15.9. The lowest BCUT2D eigenvalue weighted by Crippen LogP contribution is -2.12. The molecule has 0 amide bonds. The summed E-state index contributed by atoms with van der Waals surface area (Å²) in [5.41, 5.74) is 0.399. The summed E-state index contributed by atoms with van der Waals surface area (Å²) in [6.45, 7) is 3.23. The van der Waals surface area contributed by atoms with Gasteiger partial charge < -0.3 is 9.52 Å². The first kappa shape index (κ1) is 18.9. The lowest BCUT2D eigenvalue weighted by Gasteiger charge is -2.03. The summed E-state index contributed by atoms with van der Waals surface area (Å²) in [6.07, 6.45) is 2.58. The van der Waals surface area contributed by atoms with Gasteiger partial charge in [0.2, 0.25) is 0 Å². The van der Waals surface area contributed by atoms with Gasteiger partial charge in [-0.3, -0.25) is 4.79 Å². The fourth-order valence-corrected chi connectivity index (χ4v) is 3.06. The standard InChI is InChI=1S/C19H14Cl2N2O4/c1-10-8-16(25)17(19(26)27-10)15(24)7-6-14-11(2)22-23(18(14)21)13-5-3-4-12(20)9-13/h3-9,25H,1-2H3/b7-6+. The molecule has 3 aromatic rings. The van der Waals surface area contributed by atoms with Crippen molar-refractivity contribution in [1.29, 1.82) is 0 Å². The summed E-state index contributed by atoms with van der Waals surface area (Å²) in [7, 11) is 0. The van der Waals surface area contributed by atoms with Crippen LogP contribution in [0.1, 0.15) is 27.4 Å². The molecule has 138 valence electrons. The molecule has 1 N–H and O–H groups in total. The van der Waals surface area contributed by atoms with E-state index in [0.29, 0.717) is 22.0 Å². The second-order valence-corrected chi connectivity index (χ2v) is 6.58. The number of benzene rings is 1. The fourth-order valence-electron chi connectivity index (χ4n) is 2.54. The minimum Gasteiger partial charge on any atom is -0.507 e. The molecule has 0 radical (unpaired) electrons.